The summed E-state index contributed by atoms with van der Waals surface area (Å²) in [5, 5.41) is 0. The van der Waals surface area contributed by atoms with Crippen molar-refractivity contribution in [3.63, 3.8) is 0 Å². The van der Waals surface area contributed by atoms with Crippen molar-refractivity contribution >= 4 is 0 Å². The van der Waals surface area contributed by atoms with Crippen molar-refractivity contribution in [1.82, 2.24) is 9.55 Å². The van der Waals surface area contributed by atoms with Crippen LogP contribution in [0.3, 0.4) is 0 Å². The van der Waals surface area contributed by atoms with Crippen LogP contribution in [0.2, 0.25) is 0 Å². The fraction of sp³-hybridized carbons (Fsp3) is 0.438. The second kappa shape index (κ2) is 4.63. The van der Waals surface area contributed by atoms with Crippen molar-refractivity contribution in [3.05, 3.63) is 47.5 Å². The zero-order valence-corrected chi connectivity index (χ0v) is 11.5. The fourth-order valence-corrected chi connectivity index (χ4v) is 3.40. The van der Waals surface area contributed by atoms with Crippen LogP contribution in [0, 0.1) is 0 Å². The molecule has 0 spiro atoms. The molecule has 0 bridgehead atoms. The van der Waals surface area contributed by atoms with Crippen LogP contribution in [-0.2, 0) is 12.8 Å². The summed E-state index contributed by atoms with van der Waals surface area (Å²) in [6.07, 6.45) is 6.66. The van der Waals surface area contributed by atoms with E-state index in [1.54, 1.807) is 0 Å². The number of ether oxygens (including phenoxy) is 1. The highest BCUT2D eigenvalue weighted by Gasteiger charge is 2.31. The van der Waals surface area contributed by atoms with E-state index in [2.05, 4.69) is 15.6 Å². The third kappa shape index (κ3) is 1.75. The molecule has 2 aromatic rings. The zero-order valence-electron chi connectivity index (χ0n) is 11.5. The van der Waals surface area contributed by atoms with Gasteiger partial charge in [0.1, 0.15) is 12.4 Å². The van der Waals surface area contributed by atoms with Crippen molar-refractivity contribution in [3.8, 4) is 5.75 Å². The number of nitrogens with two attached hydrogens (primary N) is 1. The summed E-state index contributed by atoms with van der Waals surface area (Å²) < 4.78 is 8.15. The maximum atomic E-state index is 6.49. The molecule has 0 fully saturated rings. The lowest BCUT2D eigenvalue weighted by Crippen LogP contribution is -2.34. The first-order chi connectivity index (χ1) is 9.84. The molecule has 2 unspecified atom stereocenters. The summed E-state index contributed by atoms with van der Waals surface area (Å²) in [5.41, 5.74) is 10.2. The van der Waals surface area contributed by atoms with Crippen LogP contribution in [0.4, 0.5) is 0 Å². The Morgan fingerprint density at radius 1 is 1.20 bits per heavy atom. The van der Waals surface area contributed by atoms with E-state index in [1.165, 1.54) is 24.2 Å². The van der Waals surface area contributed by atoms with Crippen molar-refractivity contribution in [2.75, 3.05) is 6.61 Å². The first-order valence-electron chi connectivity index (χ1n) is 7.36. The van der Waals surface area contributed by atoms with E-state index in [0.29, 0.717) is 6.61 Å². The van der Waals surface area contributed by atoms with Gasteiger partial charge in [0.25, 0.3) is 0 Å². The van der Waals surface area contributed by atoms with Crippen molar-refractivity contribution < 1.29 is 4.74 Å². The quantitative estimate of drug-likeness (QED) is 0.865. The van der Waals surface area contributed by atoms with Gasteiger partial charge in [-0.3, -0.25) is 0 Å². The van der Waals surface area contributed by atoms with Crippen LogP contribution in [0.5, 0.6) is 5.75 Å². The molecule has 20 heavy (non-hydrogen) atoms. The molecule has 2 aliphatic rings. The predicted octanol–water partition coefficient (Wildman–Crippen LogP) is 2.40. The molecule has 1 aromatic heterocycles. The lowest BCUT2D eigenvalue weighted by atomic mass is 9.95. The minimum atomic E-state index is -0.0276. The zero-order chi connectivity index (χ0) is 13.5. The van der Waals surface area contributed by atoms with Crippen molar-refractivity contribution in [2.45, 2.75) is 37.8 Å². The van der Waals surface area contributed by atoms with Gasteiger partial charge >= 0.3 is 0 Å². The molecule has 4 nitrogen and oxygen atoms in total. The van der Waals surface area contributed by atoms with Crippen LogP contribution in [0.15, 0.2) is 30.6 Å². The SMILES string of the molecule is NC1c2ccccc2OCC1n1cnc2c1CCCC2. The third-order valence-corrected chi connectivity index (χ3v) is 4.52. The van der Waals surface area contributed by atoms with E-state index < -0.39 is 0 Å². The molecule has 2 heterocycles. The van der Waals surface area contributed by atoms with Crippen LogP contribution < -0.4 is 10.5 Å². The molecule has 0 saturated heterocycles. The van der Waals surface area contributed by atoms with Gasteiger partial charge in [-0.15, -0.1) is 0 Å². The average Bonchev–Trinajstić information content (AvgIpc) is 2.92. The summed E-state index contributed by atoms with van der Waals surface area (Å²) in [6, 6.07) is 8.20. The normalized spacial score (nSPS) is 24.6. The topological polar surface area (TPSA) is 53.1 Å². The number of aryl methyl sites for hydroxylation is 1. The summed E-state index contributed by atoms with van der Waals surface area (Å²) in [4.78, 5) is 4.57. The highest BCUT2D eigenvalue weighted by molar-refractivity contribution is 5.38. The van der Waals surface area contributed by atoms with Gasteiger partial charge in [0.05, 0.1) is 24.1 Å². The first kappa shape index (κ1) is 12.0. The summed E-state index contributed by atoms with van der Waals surface area (Å²) in [5.74, 6) is 0.922. The van der Waals surface area contributed by atoms with E-state index in [-0.39, 0.29) is 12.1 Å². The van der Waals surface area contributed by atoms with Gasteiger partial charge in [-0.1, -0.05) is 18.2 Å². The molecule has 2 atom stereocenters. The molecular formula is C16H19N3O. The minimum absolute atomic E-state index is 0.0276. The molecule has 0 amide bonds. The number of rotatable bonds is 1. The van der Waals surface area contributed by atoms with Gasteiger partial charge in [0.2, 0.25) is 0 Å². The van der Waals surface area contributed by atoms with E-state index in [1.807, 2.05) is 24.5 Å². The van der Waals surface area contributed by atoms with Gasteiger partial charge in [0, 0.05) is 11.3 Å². The average molecular weight is 269 g/mol. The number of hydrogen-bond acceptors (Lipinski definition) is 3. The molecule has 4 heteroatoms. The Balaban J connectivity index is 1.72. The predicted molar refractivity (Wildman–Crippen MR) is 76.8 cm³/mol. The molecule has 0 saturated carbocycles. The molecule has 1 aliphatic heterocycles. The van der Waals surface area contributed by atoms with Gasteiger partial charge in [-0.25, -0.2) is 4.98 Å². The molecule has 2 N–H and O–H groups in total. The van der Waals surface area contributed by atoms with Crippen LogP contribution in [-0.4, -0.2) is 16.2 Å². The minimum Gasteiger partial charge on any atom is -0.491 e. The molecule has 1 aromatic carbocycles. The Labute approximate surface area is 118 Å². The Morgan fingerprint density at radius 3 is 3.00 bits per heavy atom. The van der Waals surface area contributed by atoms with Crippen LogP contribution in [0.1, 0.15) is 41.9 Å². The van der Waals surface area contributed by atoms with E-state index in [9.17, 15) is 0 Å². The first-order valence-corrected chi connectivity index (χ1v) is 7.36. The Bertz CT molecular complexity index is 634. The largest absolute Gasteiger partial charge is 0.491 e. The highest BCUT2D eigenvalue weighted by Crippen LogP contribution is 2.37. The summed E-state index contributed by atoms with van der Waals surface area (Å²) in [7, 11) is 0. The Hall–Kier alpha value is -1.81. The Morgan fingerprint density at radius 2 is 2.05 bits per heavy atom. The maximum absolute atomic E-state index is 6.49. The van der Waals surface area contributed by atoms with Crippen molar-refractivity contribution in [1.29, 1.82) is 0 Å². The summed E-state index contributed by atoms with van der Waals surface area (Å²) >= 11 is 0. The number of fused-ring (bicyclic) bond motifs is 2. The van der Waals surface area contributed by atoms with Crippen molar-refractivity contribution in [2.24, 2.45) is 5.73 Å². The second-order valence-corrected chi connectivity index (χ2v) is 5.69. The lowest BCUT2D eigenvalue weighted by molar-refractivity contribution is 0.194. The van der Waals surface area contributed by atoms with Crippen LogP contribution in [0.25, 0.3) is 0 Å². The number of hydrogen-bond donors (Lipinski definition) is 1. The van der Waals surface area contributed by atoms with Gasteiger partial charge in [-0.05, 0) is 31.7 Å². The smallest absolute Gasteiger partial charge is 0.124 e. The molecule has 4 rings (SSSR count). The van der Waals surface area contributed by atoms with Gasteiger partial charge in [0.15, 0.2) is 0 Å². The number of imidazole rings is 1. The standard InChI is InChI=1S/C16H19N3O/c17-16-11-5-1-4-8-15(11)20-9-14(16)19-10-18-12-6-2-3-7-13(12)19/h1,4-5,8,10,14,16H,2-3,6-7,9,17H2. The maximum Gasteiger partial charge on any atom is 0.124 e. The lowest BCUT2D eigenvalue weighted by Gasteiger charge is -2.33. The molecule has 1 aliphatic carbocycles. The van der Waals surface area contributed by atoms with E-state index >= 15 is 0 Å². The number of nitrogens with zero attached hydrogens (tertiary/aromatic N) is 2. The second-order valence-electron chi connectivity index (χ2n) is 5.69. The highest BCUT2D eigenvalue weighted by atomic mass is 16.5. The number of aromatic nitrogens is 2. The molecular weight excluding hydrogens is 250 g/mol. The summed E-state index contributed by atoms with van der Waals surface area (Å²) in [6.45, 7) is 0.626. The van der Waals surface area contributed by atoms with E-state index in [4.69, 9.17) is 10.5 Å². The van der Waals surface area contributed by atoms with Crippen LogP contribution >= 0.6 is 0 Å². The Kier molecular flexibility index (Phi) is 2.77. The molecule has 0 radical (unpaired) electrons. The monoisotopic (exact) mass is 269 g/mol. The third-order valence-electron chi connectivity index (χ3n) is 4.52. The van der Waals surface area contributed by atoms with Gasteiger partial charge < -0.3 is 15.0 Å². The number of benzene rings is 1. The van der Waals surface area contributed by atoms with E-state index in [0.717, 1.165) is 24.2 Å². The molecule has 104 valence electrons. The number of para-hydroxylation sites is 1. The fourth-order valence-electron chi connectivity index (χ4n) is 3.40. The van der Waals surface area contributed by atoms with Gasteiger partial charge in [-0.2, -0.15) is 0 Å².